The lowest BCUT2D eigenvalue weighted by Crippen LogP contribution is -2.15. The van der Waals surface area contributed by atoms with E-state index in [0.717, 1.165) is 33.5 Å². The highest BCUT2D eigenvalue weighted by Gasteiger charge is 2.36. The van der Waals surface area contributed by atoms with Crippen LogP contribution in [0.4, 0.5) is 0 Å². The van der Waals surface area contributed by atoms with Crippen molar-refractivity contribution in [3.8, 4) is 78.4 Å². The smallest absolute Gasteiger partial charge is 0.160 e. The Morgan fingerprint density at radius 3 is 1.59 bits per heavy atom. The number of benzene rings is 9. The van der Waals surface area contributed by atoms with Gasteiger partial charge in [0, 0.05) is 22.1 Å². The molecular formula is C57H40N2. The number of fused-ring (bicyclic) bond motifs is 6. The molecular weight excluding hydrogens is 713 g/mol. The fraction of sp³-hybridized carbons (Fsp3) is 0.0526. The molecule has 0 unspecified atom stereocenters. The minimum absolute atomic E-state index is 0.120. The zero-order chi connectivity index (χ0) is 39.5. The Morgan fingerprint density at radius 2 is 0.864 bits per heavy atom. The molecule has 0 saturated heterocycles. The second-order valence-electron chi connectivity index (χ2n) is 16.1. The summed E-state index contributed by atoms with van der Waals surface area (Å²) >= 11 is 0. The van der Waals surface area contributed by atoms with Crippen LogP contribution >= 0.6 is 0 Å². The van der Waals surface area contributed by atoms with Crippen LogP contribution in [0.1, 0.15) is 25.0 Å². The summed E-state index contributed by atoms with van der Waals surface area (Å²) in [6.45, 7) is 4.74. The van der Waals surface area contributed by atoms with E-state index in [1.807, 2.05) is 6.07 Å². The van der Waals surface area contributed by atoms with Crippen molar-refractivity contribution in [2.24, 2.45) is 0 Å². The number of nitrogens with zero attached hydrogens (tertiary/aromatic N) is 2. The molecule has 0 N–H and O–H groups in total. The van der Waals surface area contributed by atoms with E-state index < -0.39 is 0 Å². The third-order valence-corrected chi connectivity index (χ3v) is 12.3. The van der Waals surface area contributed by atoms with Crippen molar-refractivity contribution in [1.29, 1.82) is 0 Å². The highest BCUT2D eigenvalue weighted by Crippen LogP contribution is 2.52. The lowest BCUT2D eigenvalue weighted by Gasteiger charge is -2.22. The number of aromatic nitrogens is 2. The Hall–Kier alpha value is -7.42. The molecule has 0 fully saturated rings. The van der Waals surface area contributed by atoms with Crippen LogP contribution in [0.2, 0.25) is 0 Å². The highest BCUT2D eigenvalue weighted by molar-refractivity contribution is 6.07. The summed E-state index contributed by atoms with van der Waals surface area (Å²) in [5, 5.41) is 4.96. The first-order valence-electron chi connectivity index (χ1n) is 20.4. The minimum Gasteiger partial charge on any atom is -0.228 e. The lowest BCUT2D eigenvalue weighted by molar-refractivity contribution is 0.661. The van der Waals surface area contributed by atoms with Crippen molar-refractivity contribution >= 4 is 21.5 Å². The Morgan fingerprint density at radius 1 is 0.322 bits per heavy atom. The van der Waals surface area contributed by atoms with E-state index in [2.05, 4.69) is 214 Å². The van der Waals surface area contributed by atoms with Gasteiger partial charge in [-0.25, -0.2) is 9.97 Å². The predicted octanol–water partition coefficient (Wildman–Crippen LogP) is 15.1. The molecule has 0 aliphatic heterocycles. The Balaban J connectivity index is 1.07. The topological polar surface area (TPSA) is 25.8 Å². The van der Waals surface area contributed by atoms with Gasteiger partial charge in [-0.3, -0.25) is 0 Å². The molecule has 278 valence electrons. The number of hydrogen-bond donors (Lipinski definition) is 0. The largest absolute Gasteiger partial charge is 0.228 e. The van der Waals surface area contributed by atoms with E-state index >= 15 is 0 Å². The summed E-state index contributed by atoms with van der Waals surface area (Å²) in [5.41, 5.74) is 17.4. The van der Waals surface area contributed by atoms with Crippen LogP contribution in [0.5, 0.6) is 0 Å². The zero-order valence-corrected chi connectivity index (χ0v) is 33.0. The molecule has 10 aromatic rings. The molecule has 59 heavy (non-hydrogen) atoms. The molecule has 0 bridgehead atoms. The predicted molar refractivity (Wildman–Crippen MR) is 247 cm³/mol. The molecule has 0 radical (unpaired) electrons. The summed E-state index contributed by atoms with van der Waals surface area (Å²) in [6, 6.07) is 74.3. The van der Waals surface area contributed by atoms with E-state index in [9.17, 15) is 0 Å². The third kappa shape index (κ3) is 5.87. The number of rotatable bonds is 6. The fourth-order valence-electron chi connectivity index (χ4n) is 9.33. The molecule has 0 saturated carbocycles. The van der Waals surface area contributed by atoms with E-state index in [-0.39, 0.29) is 5.41 Å². The van der Waals surface area contributed by atoms with Gasteiger partial charge in [-0.05, 0) is 95.4 Å². The molecule has 1 aliphatic carbocycles. The van der Waals surface area contributed by atoms with Crippen LogP contribution < -0.4 is 0 Å². The van der Waals surface area contributed by atoms with E-state index in [0.29, 0.717) is 5.82 Å². The van der Waals surface area contributed by atoms with Crippen LogP contribution in [-0.4, -0.2) is 9.97 Å². The van der Waals surface area contributed by atoms with E-state index in [4.69, 9.17) is 9.97 Å². The number of hydrogen-bond acceptors (Lipinski definition) is 2. The van der Waals surface area contributed by atoms with Crippen LogP contribution in [0.15, 0.2) is 206 Å². The molecule has 2 heteroatoms. The summed E-state index contributed by atoms with van der Waals surface area (Å²) in [7, 11) is 0. The second-order valence-corrected chi connectivity index (χ2v) is 16.1. The van der Waals surface area contributed by atoms with Gasteiger partial charge in [0.25, 0.3) is 0 Å². The zero-order valence-electron chi connectivity index (χ0n) is 33.0. The SMILES string of the molecule is CC1(C)c2cc(-c3ccc(-c4cc(-c5ccc(-c6ccccc6)c(-c6ccccc6)c5)nc(-c5ccccc5)n4)c4ccccc34)ccc2-c2c1ccc1ccccc21. The summed E-state index contributed by atoms with van der Waals surface area (Å²) in [6.07, 6.45) is 0. The van der Waals surface area contributed by atoms with Crippen molar-refractivity contribution in [2.45, 2.75) is 19.3 Å². The third-order valence-electron chi connectivity index (χ3n) is 12.3. The van der Waals surface area contributed by atoms with Gasteiger partial charge in [-0.2, -0.15) is 0 Å². The maximum Gasteiger partial charge on any atom is 0.160 e. The molecule has 1 aliphatic rings. The van der Waals surface area contributed by atoms with Crippen LogP contribution in [0, 0.1) is 0 Å². The lowest BCUT2D eigenvalue weighted by atomic mass is 9.81. The highest BCUT2D eigenvalue weighted by atomic mass is 14.9. The van der Waals surface area contributed by atoms with Gasteiger partial charge in [0.05, 0.1) is 11.4 Å². The summed E-state index contributed by atoms with van der Waals surface area (Å²) in [4.78, 5) is 10.6. The quantitative estimate of drug-likeness (QED) is 0.169. The minimum atomic E-state index is -0.120. The van der Waals surface area contributed by atoms with Gasteiger partial charge < -0.3 is 0 Å². The van der Waals surface area contributed by atoms with Gasteiger partial charge >= 0.3 is 0 Å². The fourth-order valence-corrected chi connectivity index (χ4v) is 9.33. The van der Waals surface area contributed by atoms with Gasteiger partial charge in [0.15, 0.2) is 5.82 Å². The Bertz CT molecular complexity index is 3220. The second kappa shape index (κ2) is 13.9. The maximum absolute atomic E-state index is 5.30. The molecule has 11 rings (SSSR count). The molecule has 0 amide bonds. The van der Waals surface area contributed by atoms with Crippen LogP contribution in [0.25, 0.3) is 100.0 Å². The molecule has 0 atom stereocenters. The average Bonchev–Trinajstić information content (AvgIpc) is 3.54. The first-order chi connectivity index (χ1) is 29.0. The van der Waals surface area contributed by atoms with Crippen molar-refractivity contribution in [3.63, 3.8) is 0 Å². The van der Waals surface area contributed by atoms with Gasteiger partial charge in [0.2, 0.25) is 0 Å². The van der Waals surface area contributed by atoms with E-state index in [1.165, 1.54) is 71.8 Å². The van der Waals surface area contributed by atoms with Crippen molar-refractivity contribution in [2.75, 3.05) is 0 Å². The van der Waals surface area contributed by atoms with Crippen molar-refractivity contribution < 1.29 is 0 Å². The molecule has 1 heterocycles. The molecule has 0 spiro atoms. The van der Waals surface area contributed by atoms with Gasteiger partial charge in [-0.1, -0.05) is 202 Å². The average molecular weight is 753 g/mol. The van der Waals surface area contributed by atoms with Crippen LogP contribution in [-0.2, 0) is 5.41 Å². The monoisotopic (exact) mass is 752 g/mol. The maximum atomic E-state index is 5.30. The first-order valence-corrected chi connectivity index (χ1v) is 20.4. The van der Waals surface area contributed by atoms with Crippen molar-refractivity contribution in [1.82, 2.24) is 9.97 Å². The Kier molecular flexibility index (Phi) is 8.20. The molecule has 2 nitrogen and oxygen atoms in total. The van der Waals surface area contributed by atoms with E-state index in [1.54, 1.807) is 0 Å². The van der Waals surface area contributed by atoms with Crippen LogP contribution in [0.3, 0.4) is 0 Å². The Labute approximate surface area is 345 Å². The van der Waals surface area contributed by atoms with Crippen molar-refractivity contribution in [3.05, 3.63) is 217 Å². The summed E-state index contributed by atoms with van der Waals surface area (Å²) < 4.78 is 0. The molecule has 9 aromatic carbocycles. The molecule has 1 aromatic heterocycles. The summed E-state index contributed by atoms with van der Waals surface area (Å²) in [5.74, 6) is 0.701. The first kappa shape index (κ1) is 34.8. The van der Waals surface area contributed by atoms with Gasteiger partial charge in [-0.15, -0.1) is 0 Å². The standard InChI is InChI=1S/C57H40N2/c1-57(2)51-33-28-39-20-12-13-23-45(39)55(51)49-30-26-41(35-52(49)57)44-31-32-48(47-25-15-14-24-46(44)47)54-36-53(58-56(59-54)40-21-10-5-11-22-40)42-27-29-43(37-16-6-3-7-17-37)50(34-42)38-18-8-4-9-19-38/h3-36H,1-2H3. The normalized spacial score (nSPS) is 12.7. The van der Waals surface area contributed by atoms with Gasteiger partial charge in [0.1, 0.15) is 0 Å².